The highest BCUT2D eigenvalue weighted by atomic mass is 32.1. The smallest absolute Gasteiger partial charge is 0.276 e. The van der Waals surface area contributed by atoms with Crippen LogP contribution in [0, 0.1) is 0 Å². The topological polar surface area (TPSA) is 51.2 Å². The molecule has 6 nitrogen and oxygen atoms in total. The maximum atomic E-state index is 12.8. The van der Waals surface area contributed by atoms with Crippen LogP contribution in [0.4, 0.5) is 0 Å². The minimum atomic E-state index is -0.110. The monoisotopic (exact) mass is 362 g/mol. The molecule has 2 aliphatic rings. The molecule has 0 N–H and O–H groups in total. The number of hydrogen-bond donors (Lipinski definition) is 0. The highest BCUT2D eigenvalue weighted by molar-refractivity contribution is 7.80. The molecule has 0 aromatic heterocycles. The Morgan fingerprint density at radius 2 is 2.16 bits per heavy atom. The summed E-state index contributed by atoms with van der Waals surface area (Å²) >= 11 is 5.45. The average molecular weight is 362 g/mol. The Morgan fingerprint density at radius 1 is 1.36 bits per heavy atom. The Kier molecular flexibility index (Phi) is 5.24. The van der Waals surface area contributed by atoms with Crippen molar-refractivity contribution < 1.29 is 19.0 Å². The van der Waals surface area contributed by atoms with Gasteiger partial charge in [0.25, 0.3) is 5.91 Å². The molecule has 3 rings (SSSR count). The number of carbonyl (C=O) groups excluding carboxylic acids is 1. The van der Waals surface area contributed by atoms with Crippen molar-refractivity contribution >= 4 is 29.3 Å². The van der Waals surface area contributed by atoms with E-state index in [1.807, 2.05) is 12.1 Å². The Morgan fingerprint density at radius 3 is 2.80 bits per heavy atom. The van der Waals surface area contributed by atoms with Gasteiger partial charge < -0.3 is 19.1 Å². The van der Waals surface area contributed by atoms with Gasteiger partial charge in [0.2, 0.25) is 0 Å². The number of rotatable bonds is 5. The third-order valence-electron chi connectivity index (χ3n) is 4.49. The first-order valence-electron chi connectivity index (χ1n) is 8.20. The number of thiocarbonyl (C=S) groups is 1. The molecule has 2 fully saturated rings. The fourth-order valence-electron chi connectivity index (χ4n) is 3.05. The fourth-order valence-corrected chi connectivity index (χ4v) is 3.31. The van der Waals surface area contributed by atoms with Crippen LogP contribution >= 0.6 is 12.2 Å². The molecule has 25 heavy (non-hydrogen) atoms. The number of benzene rings is 1. The zero-order chi connectivity index (χ0) is 18.0. The number of amides is 1. The van der Waals surface area contributed by atoms with Crippen molar-refractivity contribution in [2.45, 2.75) is 18.9 Å². The first kappa shape index (κ1) is 17.7. The van der Waals surface area contributed by atoms with Crippen LogP contribution in [0.3, 0.4) is 0 Å². The molecule has 1 aromatic carbocycles. The van der Waals surface area contributed by atoms with Crippen molar-refractivity contribution in [3.63, 3.8) is 0 Å². The minimum absolute atomic E-state index is 0.0603. The van der Waals surface area contributed by atoms with Crippen LogP contribution in [0.5, 0.6) is 11.5 Å². The molecule has 0 saturated carbocycles. The second kappa shape index (κ2) is 7.41. The van der Waals surface area contributed by atoms with E-state index >= 15 is 0 Å². The highest BCUT2D eigenvalue weighted by Crippen LogP contribution is 2.30. The third-order valence-corrected chi connectivity index (χ3v) is 4.98. The summed E-state index contributed by atoms with van der Waals surface area (Å²) in [4.78, 5) is 16.2. The van der Waals surface area contributed by atoms with Crippen LogP contribution in [-0.4, -0.2) is 61.3 Å². The summed E-state index contributed by atoms with van der Waals surface area (Å²) in [6.07, 6.45) is 3.84. The van der Waals surface area contributed by atoms with Gasteiger partial charge >= 0.3 is 0 Å². The van der Waals surface area contributed by atoms with Crippen LogP contribution in [0.25, 0.3) is 6.08 Å². The molecular weight excluding hydrogens is 340 g/mol. The van der Waals surface area contributed by atoms with Crippen molar-refractivity contribution in [3.8, 4) is 11.5 Å². The van der Waals surface area contributed by atoms with E-state index in [9.17, 15) is 4.79 Å². The summed E-state index contributed by atoms with van der Waals surface area (Å²) in [6.45, 7) is 1.25. The van der Waals surface area contributed by atoms with Crippen molar-refractivity contribution in [2.75, 3.05) is 34.4 Å². The van der Waals surface area contributed by atoms with E-state index in [1.165, 1.54) is 0 Å². The second-order valence-corrected chi connectivity index (χ2v) is 6.39. The lowest BCUT2D eigenvalue weighted by Crippen LogP contribution is -2.37. The Labute approximate surface area is 152 Å². The lowest BCUT2D eigenvalue weighted by atomic mass is 10.1. The zero-order valence-electron chi connectivity index (χ0n) is 14.7. The van der Waals surface area contributed by atoms with Crippen molar-refractivity contribution in [1.29, 1.82) is 0 Å². The largest absolute Gasteiger partial charge is 0.497 e. The minimum Gasteiger partial charge on any atom is -0.497 e. The fraction of sp³-hybridized carbons (Fsp3) is 0.444. The maximum absolute atomic E-state index is 12.8. The number of methoxy groups -OCH3 is 2. The second-order valence-electron chi connectivity index (χ2n) is 6.03. The van der Waals surface area contributed by atoms with E-state index in [4.69, 9.17) is 26.4 Å². The summed E-state index contributed by atoms with van der Waals surface area (Å²) in [6, 6.07) is 5.47. The van der Waals surface area contributed by atoms with Gasteiger partial charge in [-0.2, -0.15) is 0 Å². The summed E-state index contributed by atoms with van der Waals surface area (Å²) < 4.78 is 16.3. The molecule has 1 aromatic rings. The van der Waals surface area contributed by atoms with Gasteiger partial charge in [0, 0.05) is 25.3 Å². The number of ether oxygens (including phenoxy) is 3. The Hall–Kier alpha value is -2.12. The molecule has 1 atom stereocenters. The van der Waals surface area contributed by atoms with E-state index < -0.39 is 0 Å². The van der Waals surface area contributed by atoms with Gasteiger partial charge in [-0.1, -0.05) is 0 Å². The normalized spacial score (nSPS) is 22.2. The molecule has 0 aliphatic carbocycles. The van der Waals surface area contributed by atoms with Crippen molar-refractivity contribution in [3.05, 3.63) is 29.5 Å². The van der Waals surface area contributed by atoms with E-state index in [-0.39, 0.29) is 12.0 Å². The van der Waals surface area contributed by atoms with Gasteiger partial charge in [-0.05, 0) is 43.3 Å². The Bertz CT molecular complexity index is 713. The van der Waals surface area contributed by atoms with Crippen LogP contribution in [0.15, 0.2) is 23.9 Å². The summed E-state index contributed by atoms with van der Waals surface area (Å²) in [7, 11) is 4.99. The molecule has 7 heteroatoms. The third kappa shape index (κ3) is 3.48. The molecule has 1 unspecified atom stereocenters. The highest BCUT2D eigenvalue weighted by Gasteiger charge is 2.37. The number of nitrogens with zero attached hydrogens (tertiary/aromatic N) is 2. The van der Waals surface area contributed by atoms with E-state index in [0.717, 1.165) is 25.0 Å². The van der Waals surface area contributed by atoms with Crippen LogP contribution in [0.2, 0.25) is 0 Å². The van der Waals surface area contributed by atoms with Gasteiger partial charge in [0.1, 0.15) is 17.2 Å². The van der Waals surface area contributed by atoms with E-state index in [1.54, 1.807) is 43.2 Å². The standard InChI is InChI=1S/C18H22N2O4S/c1-19-15(9-12-6-7-13(22-2)10-16(12)23-3)17(21)20(18(19)25)11-14-5-4-8-24-14/h6-7,9-10,14H,4-5,8,11H2,1-3H3/b15-9+. The SMILES string of the molecule is COc1ccc(/C=C2\C(=O)N(CC3CCCO3)C(=S)N2C)c(OC)c1. The van der Waals surface area contributed by atoms with Gasteiger partial charge in [-0.3, -0.25) is 9.69 Å². The first-order chi connectivity index (χ1) is 12.0. The zero-order valence-corrected chi connectivity index (χ0v) is 15.5. The summed E-state index contributed by atoms with van der Waals surface area (Å²) in [5.41, 5.74) is 1.31. The predicted molar refractivity (Wildman–Crippen MR) is 98.6 cm³/mol. The lowest BCUT2D eigenvalue weighted by Gasteiger charge is -2.19. The summed E-state index contributed by atoms with van der Waals surface area (Å²) in [5.74, 6) is 1.22. The Balaban J connectivity index is 1.87. The molecule has 2 saturated heterocycles. The first-order valence-corrected chi connectivity index (χ1v) is 8.61. The van der Waals surface area contributed by atoms with Crippen LogP contribution in [-0.2, 0) is 9.53 Å². The molecule has 2 aliphatic heterocycles. The molecule has 0 radical (unpaired) electrons. The number of carbonyl (C=O) groups is 1. The number of hydrogen-bond acceptors (Lipinski definition) is 5. The average Bonchev–Trinajstić information content (AvgIpc) is 3.21. The molecule has 2 heterocycles. The lowest BCUT2D eigenvalue weighted by molar-refractivity contribution is -0.123. The van der Waals surface area contributed by atoms with Gasteiger partial charge in [0.05, 0.1) is 26.9 Å². The van der Waals surface area contributed by atoms with Gasteiger partial charge in [-0.15, -0.1) is 0 Å². The van der Waals surface area contributed by atoms with E-state index in [2.05, 4.69) is 0 Å². The maximum Gasteiger partial charge on any atom is 0.276 e. The van der Waals surface area contributed by atoms with Crippen LogP contribution in [0.1, 0.15) is 18.4 Å². The quantitative estimate of drug-likeness (QED) is 0.592. The molecule has 1 amide bonds. The van der Waals surface area contributed by atoms with Gasteiger partial charge in [0.15, 0.2) is 5.11 Å². The van der Waals surface area contributed by atoms with Gasteiger partial charge in [-0.25, -0.2) is 0 Å². The van der Waals surface area contributed by atoms with Crippen LogP contribution < -0.4 is 9.47 Å². The number of likely N-dealkylation sites (N-methyl/N-ethyl adjacent to an activating group) is 1. The van der Waals surface area contributed by atoms with Crippen molar-refractivity contribution in [1.82, 2.24) is 9.80 Å². The molecular formula is C18H22N2O4S. The summed E-state index contributed by atoms with van der Waals surface area (Å²) in [5, 5.41) is 0.499. The predicted octanol–water partition coefficient (Wildman–Crippen LogP) is 2.28. The molecule has 0 bridgehead atoms. The van der Waals surface area contributed by atoms with E-state index in [0.29, 0.717) is 28.9 Å². The molecule has 134 valence electrons. The van der Waals surface area contributed by atoms with Crippen molar-refractivity contribution in [2.24, 2.45) is 0 Å². The molecule has 0 spiro atoms.